The third-order valence-electron chi connectivity index (χ3n) is 1.93. The Labute approximate surface area is 85.3 Å². The minimum atomic E-state index is 0.372. The number of anilines is 2. The molecular formula is C8H8N4OS. The number of hydrogen-bond donors (Lipinski definition) is 2. The molecule has 0 amide bonds. The van der Waals surface area contributed by atoms with E-state index in [-0.39, 0.29) is 0 Å². The van der Waals surface area contributed by atoms with Gasteiger partial charge in [-0.25, -0.2) is 4.98 Å². The van der Waals surface area contributed by atoms with E-state index >= 15 is 0 Å². The summed E-state index contributed by atoms with van der Waals surface area (Å²) in [5.41, 5.74) is 6.15. The van der Waals surface area contributed by atoms with Gasteiger partial charge in [0.1, 0.15) is 17.9 Å². The normalized spacial score (nSPS) is 13.9. The maximum atomic E-state index is 10.5. The van der Waals surface area contributed by atoms with Crippen LogP contribution in [-0.2, 0) is 11.3 Å². The van der Waals surface area contributed by atoms with E-state index in [1.165, 1.54) is 0 Å². The molecule has 1 aromatic rings. The molecule has 1 aliphatic heterocycles. The second kappa shape index (κ2) is 3.22. The molecule has 0 bridgehead atoms. The standard InChI is InChI=1S/C8H8N4OS/c9-6-1-7-10-2-5(4-13)3-12(7)8(14)11-6/h1-2,4,10H,3H2,(H2,9,11,14). The number of nitrogens with zero attached hydrogens (tertiary/aromatic N) is 2. The Morgan fingerprint density at radius 3 is 3.21 bits per heavy atom. The SMILES string of the molecule is Nc1cc2n(c(=S)n1)CC(C=O)=CN2. The zero-order chi connectivity index (χ0) is 10.1. The average Bonchev–Trinajstić information content (AvgIpc) is 2.17. The summed E-state index contributed by atoms with van der Waals surface area (Å²) in [5, 5.41) is 2.93. The smallest absolute Gasteiger partial charge is 0.203 e. The van der Waals surface area contributed by atoms with Gasteiger partial charge in [-0.05, 0) is 12.2 Å². The van der Waals surface area contributed by atoms with Crippen LogP contribution >= 0.6 is 12.2 Å². The molecule has 0 atom stereocenters. The van der Waals surface area contributed by atoms with Crippen molar-refractivity contribution in [1.82, 2.24) is 9.55 Å². The molecule has 0 saturated heterocycles. The van der Waals surface area contributed by atoms with Crippen molar-refractivity contribution in [2.75, 3.05) is 11.1 Å². The monoisotopic (exact) mass is 208 g/mol. The summed E-state index contributed by atoms with van der Waals surface area (Å²) in [6.07, 6.45) is 2.42. The predicted molar refractivity (Wildman–Crippen MR) is 55.2 cm³/mol. The number of nitrogens with one attached hydrogen (secondary N) is 1. The van der Waals surface area contributed by atoms with Gasteiger partial charge in [0.2, 0.25) is 4.77 Å². The van der Waals surface area contributed by atoms with Gasteiger partial charge >= 0.3 is 0 Å². The fourth-order valence-corrected chi connectivity index (χ4v) is 1.53. The minimum Gasteiger partial charge on any atom is -0.383 e. The number of rotatable bonds is 1. The van der Waals surface area contributed by atoms with Gasteiger partial charge < -0.3 is 11.1 Å². The molecule has 0 aliphatic carbocycles. The summed E-state index contributed by atoms with van der Waals surface area (Å²) in [7, 11) is 0. The molecule has 0 unspecified atom stereocenters. The second-order valence-electron chi connectivity index (χ2n) is 2.92. The number of nitrogen functional groups attached to an aromatic ring is 1. The zero-order valence-electron chi connectivity index (χ0n) is 7.23. The van der Waals surface area contributed by atoms with E-state index in [4.69, 9.17) is 18.0 Å². The number of aromatic nitrogens is 2. The fraction of sp³-hybridized carbons (Fsp3) is 0.125. The first-order valence-corrected chi connectivity index (χ1v) is 4.39. The molecule has 3 N–H and O–H groups in total. The summed E-state index contributed by atoms with van der Waals surface area (Å²) in [6, 6.07) is 1.67. The first-order valence-electron chi connectivity index (χ1n) is 3.99. The van der Waals surface area contributed by atoms with Crippen molar-refractivity contribution in [2.24, 2.45) is 0 Å². The van der Waals surface area contributed by atoms with E-state index in [2.05, 4.69) is 10.3 Å². The van der Waals surface area contributed by atoms with Gasteiger partial charge in [0, 0.05) is 17.8 Å². The van der Waals surface area contributed by atoms with Crippen LogP contribution in [0.15, 0.2) is 17.8 Å². The molecule has 6 heteroatoms. The molecule has 72 valence electrons. The quantitative estimate of drug-likeness (QED) is 0.525. The molecule has 14 heavy (non-hydrogen) atoms. The summed E-state index contributed by atoms with van der Waals surface area (Å²) in [5.74, 6) is 1.13. The number of fused-ring (bicyclic) bond motifs is 1. The van der Waals surface area contributed by atoms with Crippen molar-refractivity contribution < 1.29 is 4.79 Å². The lowest BCUT2D eigenvalue weighted by atomic mass is 10.3. The molecule has 1 aromatic heterocycles. The van der Waals surface area contributed by atoms with Crippen LogP contribution in [-0.4, -0.2) is 15.8 Å². The van der Waals surface area contributed by atoms with Gasteiger partial charge in [-0.1, -0.05) is 0 Å². The Morgan fingerprint density at radius 2 is 2.50 bits per heavy atom. The van der Waals surface area contributed by atoms with E-state index in [1.807, 2.05) is 0 Å². The van der Waals surface area contributed by atoms with Crippen molar-refractivity contribution >= 4 is 30.1 Å². The maximum Gasteiger partial charge on any atom is 0.203 e. The molecular weight excluding hydrogens is 200 g/mol. The van der Waals surface area contributed by atoms with Gasteiger partial charge in [-0.3, -0.25) is 9.36 Å². The fourth-order valence-electron chi connectivity index (χ4n) is 1.26. The highest BCUT2D eigenvalue weighted by Gasteiger charge is 2.10. The van der Waals surface area contributed by atoms with Crippen LogP contribution < -0.4 is 11.1 Å². The molecule has 0 saturated carbocycles. The summed E-state index contributed by atoms with van der Waals surface area (Å²) in [4.78, 5) is 14.5. The highest BCUT2D eigenvalue weighted by atomic mass is 32.1. The van der Waals surface area contributed by atoms with Crippen molar-refractivity contribution in [1.29, 1.82) is 0 Å². The number of aldehydes is 1. The average molecular weight is 208 g/mol. The minimum absolute atomic E-state index is 0.372. The molecule has 0 fully saturated rings. The van der Waals surface area contributed by atoms with Crippen LogP contribution in [0.5, 0.6) is 0 Å². The number of carbonyl (C=O) groups is 1. The Kier molecular flexibility index (Phi) is 2.05. The second-order valence-corrected chi connectivity index (χ2v) is 3.28. The van der Waals surface area contributed by atoms with Crippen LogP contribution in [0.25, 0.3) is 0 Å². The topological polar surface area (TPSA) is 72.9 Å². The largest absolute Gasteiger partial charge is 0.383 e. The van der Waals surface area contributed by atoms with E-state index in [0.29, 0.717) is 22.7 Å². The highest BCUT2D eigenvalue weighted by molar-refractivity contribution is 7.71. The Balaban J connectivity index is 2.53. The predicted octanol–water partition coefficient (Wildman–Crippen LogP) is 0.703. The molecule has 0 aromatic carbocycles. The van der Waals surface area contributed by atoms with Crippen LogP contribution in [0.2, 0.25) is 0 Å². The van der Waals surface area contributed by atoms with E-state index in [1.54, 1.807) is 16.8 Å². The van der Waals surface area contributed by atoms with Crippen molar-refractivity contribution in [3.05, 3.63) is 22.6 Å². The summed E-state index contributed by atoms with van der Waals surface area (Å²) < 4.78 is 2.09. The van der Waals surface area contributed by atoms with Gasteiger partial charge in [-0.2, -0.15) is 0 Å². The Hall–Kier alpha value is -1.69. The van der Waals surface area contributed by atoms with Crippen LogP contribution in [0.1, 0.15) is 0 Å². The lowest BCUT2D eigenvalue weighted by Gasteiger charge is -2.18. The summed E-state index contributed by atoms with van der Waals surface area (Å²) in [6.45, 7) is 0.442. The van der Waals surface area contributed by atoms with E-state index in [0.717, 1.165) is 12.1 Å². The third kappa shape index (κ3) is 1.39. The van der Waals surface area contributed by atoms with Gasteiger partial charge in [0.15, 0.2) is 0 Å². The number of hydrogen-bond acceptors (Lipinski definition) is 5. The Morgan fingerprint density at radius 1 is 1.71 bits per heavy atom. The molecule has 2 rings (SSSR count). The third-order valence-corrected chi connectivity index (χ3v) is 2.24. The van der Waals surface area contributed by atoms with Crippen LogP contribution in [0.3, 0.4) is 0 Å². The van der Waals surface area contributed by atoms with Crippen LogP contribution in [0.4, 0.5) is 11.6 Å². The van der Waals surface area contributed by atoms with Gasteiger partial charge in [0.05, 0.1) is 6.54 Å². The lowest BCUT2D eigenvalue weighted by Crippen LogP contribution is -2.16. The van der Waals surface area contributed by atoms with Crippen LogP contribution in [0, 0.1) is 4.77 Å². The van der Waals surface area contributed by atoms with E-state index in [9.17, 15) is 4.79 Å². The number of carbonyl (C=O) groups excluding carboxylic acids is 1. The van der Waals surface area contributed by atoms with Gasteiger partial charge in [0.25, 0.3) is 0 Å². The highest BCUT2D eigenvalue weighted by Crippen LogP contribution is 2.17. The molecule has 0 spiro atoms. The molecule has 0 radical (unpaired) electrons. The first kappa shape index (κ1) is 8.89. The first-order chi connectivity index (χ1) is 6.70. The maximum absolute atomic E-state index is 10.5. The number of nitrogens with two attached hydrogens (primary N) is 1. The zero-order valence-corrected chi connectivity index (χ0v) is 8.04. The summed E-state index contributed by atoms with van der Waals surface area (Å²) >= 11 is 5.02. The molecule has 1 aliphatic rings. The molecule has 2 heterocycles. The lowest BCUT2D eigenvalue weighted by molar-refractivity contribution is -0.105. The number of allylic oxidation sites excluding steroid dienone is 1. The van der Waals surface area contributed by atoms with Crippen molar-refractivity contribution in [3.8, 4) is 0 Å². The van der Waals surface area contributed by atoms with Crippen molar-refractivity contribution in [3.63, 3.8) is 0 Å². The van der Waals surface area contributed by atoms with Gasteiger partial charge in [-0.15, -0.1) is 0 Å². The Bertz CT molecular complexity index is 477. The van der Waals surface area contributed by atoms with Crippen molar-refractivity contribution in [2.45, 2.75) is 6.54 Å². The van der Waals surface area contributed by atoms with E-state index < -0.39 is 0 Å². The molecule has 5 nitrogen and oxygen atoms in total.